The summed E-state index contributed by atoms with van der Waals surface area (Å²) in [5.74, 6) is 0.825. The molecule has 0 bridgehead atoms. The van der Waals surface area contributed by atoms with Crippen LogP contribution in [0.4, 0.5) is 11.5 Å². The van der Waals surface area contributed by atoms with E-state index in [0.29, 0.717) is 0 Å². The smallest absolute Gasteiger partial charge is 0.224 e. The van der Waals surface area contributed by atoms with Gasteiger partial charge in [-0.3, -0.25) is 0 Å². The fraction of sp³-hybridized carbons (Fsp3) is 0.125. The normalized spacial score (nSPS) is 10.8. The largest absolute Gasteiger partial charge is 0.326 e. The minimum Gasteiger partial charge on any atom is -0.326 e. The van der Waals surface area contributed by atoms with Crippen molar-refractivity contribution >= 4 is 49.9 Å². The Labute approximate surface area is 136 Å². The summed E-state index contributed by atoms with van der Waals surface area (Å²) < 4.78 is 0.971. The molecule has 106 valence electrons. The van der Waals surface area contributed by atoms with Crippen LogP contribution in [0.25, 0.3) is 10.9 Å². The molecule has 0 unspecified atom stereocenters. The maximum atomic E-state index is 6.10. The third-order valence-corrected chi connectivity index (χ3v) is 3.91. The molecule has 1 heterocycles. The number of aromatic nitrogens is 2. The average molecular weight is 363 g/mol. The summed E-state index contributed by atoms with van der Waals surface area (Å²) in [5, 5.41) is 1.23. The lowest BCUT2D eigenvalue weighted by Gasteiger charge is -2.23. The van der Waals surface area contributed by atoms with Crippen molar-refractivity contribution in [3.05, 3.63) is 58.3 Å². The van der Waals surface area contributed by atoms with Gasteiger partial charge < -0.3 is 4.90 Å². The second-order valence-electron chi connectivity index (χ2n) is 4.56. The van der Waals surface area contributed by atoms with Gasteiger partial charge in [-0.15, -0.1) is 0 Å². The number of rotatable bonds is 3. The van der Waals surface area contributed by atoms with Crippen LogP contribution in [0.1, 0.15) is 6.92 Å². The monoisotopic (exact) mass is 361 g/mol. The molecule has 0 saturated heterocycles. The van der Waals surface area contributed by atoms with E-state index in [1.807, 2.05) is 36.4 Å². The maximum Gasteiger partial charge on any atom is 0.224 e. The van der Waals surface area contributed by atoms with Crippen molar-refractivity contribution in [2.75, 3.05) is 11.4 Å². The van der Waals surface area contributed by atoms with Gasteiger partial charge in [0.05, 0.1) is 5.52 Å². The lowest BCUT2D eigenvalue weighted by Crippen LogP contribution is -2.18. The standard InChI is InChI=1S/C16H13BrClN3/c1-2-21(12-6-4-3-5-7-12)15-13-9-8-11(17)10-14(13)19-16(18)20-15/h3-10H,2H2,1H3. The minimum absolute atomic E-state index is 0.255. The van der Waals surface area contributed by atoms with Crippen LogP contribution in [0.15, 0.2) is 53.0 Å². The Hall–Kier alpha value is -1.65. The first-order valence-electron chi connectivity index (χ1n) is 6.64. The lowest BCUT2D eigenvalue weighted by atomic mass is 10.2. The summed E-state index contributed by atoms with van der Waals surface area (Å²) in [7, 11) is 0. The highest BCUT2D eigenvalue weighted by molar-refractivity contribution is 9.10. The predicted octanol–water partition coefficient (Wildman–Crippen LogP) is 5.20. The fourth-order valence-corrected chi connectivity index (χ4v) is 2.85. The molecule has 5 heteroatoms. The molecule has 0 radical (unpaired) electrons. The van der Waals surface area contributed by atoms with Crippen LogP contribution in [0.2, 0.25) is 5.28 Å². The molecule has 0 saturated carbocycles. The molecule has 3 rings (SSSR count). The molecule has 0 spiro atoms. The van der Waals surface area contributed by atoms with Gasteiger partial charge in [0.2, 0.25) is 5.28 Å². The van der Waals surface area contributed by atoms with Crippen molar-refractivity contribution in [2.45, 2.75) is 6.92 Å². The van der Waals surface area contributed by atoms with E-state index in [1.165, 1.54) is 0 Å². The Morgan fingerprint density at radius 2 is 1.86 bits per heavy atom. The van der Waals surface area contributed by atoms with E-state index in [4.69, 9.17) is 11.6 Å². The molecule has 3 aromatic rings. The Kier molecular flexibility index (Phi) is 4.08. The number of hydrogen-bond acceptors (Lipinski definition) is 3. The first-order chi connectivity index (χ1) is 10.2. The molecule has 0 amide bonds. The van der Waals surface area contributed by atoms with Crippen LogP contribution in [-0.2, 0) is 0 Å². The van der Waals surface area contributed by atoms with E-state index in [-0.39, 0.29) is 5.28 Å². The minimum atomic E-state index is 0.255. The first kappa shape index (κ1) is 14.3. The summed E-state index contributed by atoms with van der Waals surface area (Å²) in [6.45, 7) is 2.89. The summed E-state index contributed by atoms with van der Waals surface area (Å²) in [6, 6.07) is 16.1. The highest BCUT2D eigenvalue weighted by atomic mass is 79.9. The molecule has 0 fully saturated rings. The molecule has 21 heavy (non-hydrogen) atoms. The Balaban J connectivity index is 2.23. The summed E-state index contributed by atoms with van der Waals surface area (Å²) in [5.41, 5.74) is 1.91. The van der Waals surface area contributed by atoms with Crippen molar-refractivity contribution in [2.24, 2.45) is 0 Å². The molecule has 0 aliphatic carbocycles. The van der Waals surface area contributed by atoms with Gasteiger partial charge in [0.15, 0.2) is 0 Å². The molecule has 0 aliphatic heterocycles. The first-order valence-corrected chi connectivity index (χ1v) is 7.81. The van der Waals surface area contributed by atoms with Crippen LogP contribution < -0.4 is 4.90 Å². The fourth-order valence-electron chi connectivity index (χ4n) is 2.33. The molecular weight excluding hydrogens is 350 g/mol. The second-order valence-corrected chi connectivity index (χ2v) is 5.81. The van der Waals surface area contributed by atoms with E-state index in [0.717, 1.165) is 33.4 Å². The van der Waals surface area contributed by atoms with Crippen LogP contribution in [0.3, 0.4) is 0 Å². The van der Waals surface area contributed by atoms with E-state index in [9.17, 15) is 0 Å². The van der Waals surface area contributed by atoms with Gasteiger partial charge >= 0.3 is 0 Å². The number of fused-ring (bicyclic) bond motifs is 1. The molecule has 0 atom stereocenters. The second kappa shape index (κ2) is 6.00. The molecule has 1 aromatic heterocycles. The highest BCUT2D eigenvalue weighted by Crippen LogP contribution is 2.31. The number of para-hydroxylation sites is 1. The van der Waals surface area contributed by atoms with Crippen LogP contribution in [-0.4, -0.2) is 16.5 Å². The van der Waals surface area contributed by atoms with Crippen molar-refractivity contribution in [3.8, 4) is 0 Å². The number of nitrogens with zero attached hydrogens (tertiary/aromatic N) is 3. The Morgan fingerprint density at radius 1 is 1.10 bits per heavy atom. The van der Waals surface area contributed by atoms with Gasteiger partial charge in [-0.1, -0.05) is 34.1 Å². The molecule has 3 nitrogen and oxygen atoms in total. The maximum absolute atomic E-state index is 6.10. The number of halogens is 2. The Morgan fingerprint density at radius 3 is 2.57 bits per heavy atom. The quantitative estimate of drug-likeness (QED) is 0.599. The number of anilines is 2. The summed E-state index contributed by atoms with van der Waals surface area (Å²) in [6.07, 6.45) is 0. The van der Waals surface area contributed by atoms with Gasteiger partial charge in [0, 0.05) is 22.1 Å². The molecule has 0 N–H and O–H groups in total. The van der Waals surface area contributed by atoms with E-state index < -0.39 is 0 Å². The predicted molar refractivity (Wildman–Crippen MR) is 91.4 cm³/mol. The summed E-state index contributed by atoms with van der Waals surface area (Å²) in [4.78, 5) is 10.9. The topological polar surface area (TPSA) is 29.0 Å². The summed E-state index contributed by atoms with van der Waals surface area (Å²) >= 11 is 9.56. The third kappa shape index (κ3) is 2.87. The van der Waals surface area contributed by atoms with Gasteiger partial charge in [-0.2, -0.15) is 4.98 Å². The average Bonchev–Trinajstić information content (AvgIpc) is 2.48. The Bertz CT molecular complexity index is 772. The van der Waals surface area contributed by atoms with Crippen molar-refractivity contribution < 1.29 is 0 Å². The van der Waals surface area contributed by atoms with E-state index in [1.54, 1.807) is 0 Å². The van der Waals surface area contributed by atoms with Crippen molar-refractivity contribution in [3.63, 3.8) is 0 Å². The molecular formula is C16H13BrClN3. The third-order valence-electron chi connectivity index (χ3n) is 3.25. The SMILES string of the molecule is CCN(c1ccccc1)c1nc(Cl)nc2cc(Br)ccc12. The van der Waals surface area contributed by atoms with Crippen molar-refractivity contribution in [1.82, 2.24) is 9.97 Å². The van der Waals surface area contributed by atoms with Crippen LogP contribution >= 0.6 is 27.5 Å². The van der Waals surface area contributed by atoms with Crippen molar-refractivity contribution in [1.29, 1.82) is 0 Å². The zero-order chi connectivity index (χ0) is 14.8. The van der Waals surface area contributed by atoms with Crippen LogP contribution in [0.5, 0.6) is 0 Å². The number of benzene rings is 2. The lowest BCUT2D eigenvalue weighted by molar-refractivity contribution is 0.990. The molecule has 0 aliphatic rings. The van der Waals surface area contributed by atoms with Gasteiger partial charge in [-0.25, -0.2) is 4.98 Å². The number of hydrogen-bond donors (Lipinski definition) is 0. The zero-order valence-corrected chi connectivity index (χ0v) is 13.8. The molecule has 2 aromatic carbocycles. The van der Waals surface area contributed by atoms with Gasteiger partial charge in [0.1, 0.15) is 5.82 Å². The highest BCUT2D eigenvalue weighted by Gasteiger charge is 2.14. The van der Waals surface area contributed by atoms with E-state index >= 15 is 0 Å². The zero-order valence-electron chi connectivity index (χ0n) is 11.4. The van der Waals surface area contributed by atoms with Gasteiger partial charge in [0.25, 0.3) is 0 Å². The van der Waals surface area contributed by atoms with E-state index in [2.05, 4.69) is 49.9 Å². The van der Waals surface area contributed by atoms with Crippen LogP contribution in [0, 0.1) is 0 Å². The van der Waals surface area contributed by atoms with Gasteiger partial charge in [-0.05, 0) is 48.9 Å².